The summed E-state index contributed by atoms with van der Waals surface area (Å²) >= 11 is 7.53. The van der Waals surface area contributed by atoms with Crippen LogP contribution >= 0.6 is 23.4 Å². The van der Waals surface area contributed by atoms with Crippen LogP contribution < -0.4 is 10.3 Å². The zero-order chi connectivity index (χ0) is 21.6. The highest BCUT2D eigenvalue weighted by Crippen LogP contribution is 2.22. The van der Waals surface area contributed by atoms with E-state index >= 15 is 0 Å². The van der Waals surface area contributed by atoms with Gasteiger partial charge in [0.1, 0.15) is 5.75 Å². The zero-order valence-electron chi connectivity index (χ0n) is 17.2. The minimum Gasteiger partial charge on any atom is -0.493 e. The van der Waals surface area contributed by atoms with Crippen LogP contribution in [0.5, 0.6) is 5.75 Å². The third kappa shape index (κ3) is 4.87. The maximum Gasteiger partial charge on any atom is 0.262 e. The maximum absolute atomic E-state index is 13.1. The number of hydrogen-bond donors (Lipinski definition) is 0. The van der Waals surface area contributed by atoms with Crippen molar-refractivity contribution in [3.63, 3.8) is 0 Å². The minimum atomic E-state index is -0.0622. The summed E-state index contributed by atoms with van der Waals surface area (Å²) in [4.78, 5) is 13.1. The molecule has 2 aromatic carbocycles. The molecule has 0 aliphatic rings. The number of para-hydroxylation sites is 1. The number of nitrogens with zero attached hydrogens (tertiary/aromatic N) is 4. The molecule has 0 bridgehead atoms. The predicted molar refractivity (Wildman–Crippen MR) is 124 cm³/mol. The van der Waals surface area contributed by atoms with E-state index in [4.69, 9.17) is 21.1 Å². The summed E-state index contributed by atoms with van der Waals surface area (Å²) in [6.45, 7) is 4.22. The Labute approximate surface area is 188 Å². The SMILES string of the molecule is CCOCCCn1c(=O)c2ccccc2n2c(SCCOc3cccc(Cl)c3)nnc12. The van der Waals surface area contributed by atoms with E-state index in [-0.39, 0.29) is 5.56 Å². The Balaban J connectivity index is 1.58. The van der Waals surface area contributed by atoms with Gasteiger partial charge in [0.05, 0.1) is 17.5 Å². The van der Waals surface area contributed by atoms with Crippen LogP contribution in [-0.4, -0.2) is 44.7 Å². The number of rotatable bonds is 10. The fourth-order valence-corrected chi connectivity index (χ4v) is 4.28. The zero-order valence-corrected chi connectivity index (χ0v) is 18.7. The number of halogens is 1. The van der Waals surface area contributed by atoms with E-state index in [1.807, 2.05) is 53.8 Å². The van der Waals surface area contributed by atoms with E-state index in [0.29, 0.717) is 48.3 Å². The van der Waals surface area contributed by atoms with Gasteiger partial charge in [-0.3, -0.25) is 13.8 Å². The molecular weight excluding hydrogens is 436 g/mol. The molecule has 7 nitrogen and oxygen atoms in total. The first-order valence-electron chi connectivity index (χ1n) is 10.1. The first-order valence-corrected chi connectivity index (χ1v) is 11.5. The molecule has 0 atom stereocenters. The van der Waals surface area contributed by atoms with Crippen LogP contribution in [0.4, 0.5) is 0 Å². The number of aromatic nitrogens is 4. The van der Waals surface area contributed by atoms with E-state index in [1.165, 1.54) is 11.8 Å². The van der Waals surface area contributed by atoms with Gasteiger partial charge in [-0.2, -0.15) is 0 Å². The Hall–Kier alpha value is -2.55. The first kappa shape index (κ1) is 21.7. The van der Waals surface area contributed by atoms with Crippen LogP contribution in [0.25, 0.3) is 16.7 Å². The van der Waals surface area contributed by atoms with Gasteiger partial charge in [0.2, 0.25) is 5.78 Å². The number of aryl methyl sites for hydroxylation is 1. The van der Waals surface area contributed by atoms with Crippen molar-refractivity contribution in [2.24, 2.45) is 0 Å². The van der Waals surface area contributed by atoms with Crippen molar-refractivity contribution in [3.8, 4) is 5.75 Å². The summed E-state index contributed by atoms with van der Waals surface area (Å²) in [5, 5.41) is 10.7. The molecule has 2 heterocycles. The van der Waals surface area contributed by atoms with Gasteiger partial charge < -0.3 is 9.47 Å². The van der Waals surface area contributed by atoms with Crippen molar-refractivity contribution >= 4 is 40.0 Å². The van der Waals surface area contributed by atoms with Crippen molar-refractivity contribution in [1.29, 1.82) is 0 Å². The lowest BCUT2D eigenvalue weighted by molar-refractivity contribution is 0.141. The Morgan fingerprint density at radius 2 is 1.97 bits per heavy atom. The Bertz CT molecular complexity index is 1240. The molecule has 0 radical (unpaired) electrons. The summed E-state index contributed by atoms with van der Waals surface area (Å²) in [7, 11) is 0. The highest BCUT2D eigenvalue weighted by Gasteiger charge is 2.16. The lowest BCUT2D eigenvalue weighted by atomic mass is 10.2. The number of benzene rings is 2. The van der Waals surface area contributed by atoms with Gasteiger partial charge in [-0.25, -0.2) is 0 Å². The summed E-state index contributed by atoms with van der Waals surface area (Å²) < 4.78 is 14.8. The van der Waals surface area contributed by atoms with Crippen LogP contribution in [-0.2, 0) is 11.3 Å². The third-order valence-corrected chi connectivity index (χ3v) is 5.86. The van der Waals surface area contributed by atoms with E-state index < -0.39 is 0 Å². The fraction of sp³-hybridized carbons (Fsp3) is 0.318. The molecule has 2 aromatic heterocycles. The second-order valence-electron chi connectivity index (χ2n) is 6.80. The van der Waals surface area contributed by atoms with E-state index in [9.17, 15) is 4.79 Å². The number of fused-ring (bicyclic) bond motifs is 3. The molecule has 9 heteroatoms. The van der Waals surface area contributed by atoms with Crippen molar-refractivity contribution in [3.05, 3.63) is 63.9 Å². The topological polar surface area (TPSA) is 70.7 Å². The van der Waals surface area contributed by atoms with Gasteiger partial charge in [0.25, 0.3) is 5.56 Å². The summed E-state index contributed by atoms with van der Waals surface area (Å²) in [6, 6.07) is 14.9. The van der Waals surface area contributed by atoms with Crippen LogP contribution in [0.2, 0.25) is 5.02 Å². The normalized spacial score (nSPS) is 11.4. The Kier molecular flexibility index (Phi) is 7.11. The van der Waals surface area contributed by atoms with Crippen molar-refractivity contribution < 1.29 is 9.47 Å². The molecule has 0 unspecified atom stereocenters. The smallest absolute Gasteiger partial charge is 0.262 e. The van der Waals surface area contributed by atoms with E-state index in [0.717, 1.165) is 22.8 Å². The van der Waals surface area contributed by atoms with Crippen molar-refractivity contribution in [2.45, 2.75) is 25.0 Å². The Morgan fingerprint density at radius 1 is 1.10 bits per heavy atom. The van der Waals surface area contributed by atoms with Crippen molar-refractivity contribution in [1.82, 2.24) is 19.2 Å². The monoisotopic (exact) mass is 458 g/mol. The second kappa shape index (κ2) is 10.2. The number of ether oxygens (including phenoxy) is 2. The molecule has 0 amide bonds. The Morgan fingerprint density at radius 3 is 2.81 bits per heavy atom. The highest BCUT2D eigenvalue weighted by atomic mass is 35.5. The minimum absolute atomic E-state index is 0.0622. The average Bonchev–Trinajstić information content (AvgIpc) is 3.20. The largest absolute Gasteiger partial charge is 0.493 e. The molecule has 4 aromatic rings. The molecule has 0 aliphatic carbocycles. The van der Waals surface area contributed by atoms with Gasteiger partial charge in [-0.15, -0.1) is 10.2 Å². The van der Waals surface area contributed by atoms with Crippen LogP contribution in [0.15, 0.2) is 58.5 Å². The van der Waals surface area contributed by atoms with Gasteiger partial charge in [0.15, 0.2) is 5.16 Å². The highest BCUT2D eigenvalue weighted by molar-refractivity contribution is 7.99. The summed E-state index contributed by atoms with van der Waals surface area (Å²) in [5.41, 5.74) is 0.736. The molecule has 31 heavy (non-hydrogen) atoms. The molecule has 4 rings (SSSR count). The predicted octanol–water partition coefficient (Wildman–Crippen LogP) is 4.30. The molecule has 0 saturated heterocycles. The maximum atomic E-state index is 13.1. The quantitative estimate of drug-likeness (QED) is 0.261. The second-order valence-corrected chi connectivity index (χ2v) is 8.30. The van der Waals surface area contributed by atoms with Crippen LogP contribution in [0, 0.1) is 0 Å². The molecule has 0 fully saturated rings. The van der Waals surface area contributed by atoms with E-state index in [1.54, 1.807) is 10.6 Å². The van der Waals surface area contributed by atoms with Crippen LogP contribution in [0.3, 0.4) is 0 Å². The first-order chi connectivity index (χ1) is 15.2. The molecule has 162 valence electrons. The third-order valence-electron chi connectivity index (χ3n) is 4.73. The average molecular weight is 459 g/mol. The molecule has 0 spiro atoms. The lowest BCUT2D eigenvalue weighted by Gasteiger charge is -2.11. The van der Waals surface area contributed by atoms with Crippen molar-refractivity contribution in [2.75, 3.05) is 25.6 Å². The van der Waals surface area contributed by atoms with Gasteiger partial charge >= 0.3 is 0 Å². The standard InChI is InChI=1S/C22H23ClN4O3S/c1-2-29-12-6-11-26-20(28)18-9-3-4-10-19(18)27-21(26)24-25-22(27)31-14-13-30-17-8-5-7-16(23)15-17/h3-5,7-10,15H,2,6,11-14H2,1H3. The number of hydrogen-bond acceptors (Lipinski definition) is 6. The molecule has 0 saturated carbocycles. The van der Waals surface area contributed by atoms with Crippen LogP contribution in [0.1, 0.15) is 13.3 Å². The molecular formula is C22H23ClN4O3S. The summed E-state index contributed by atoms with van der Waals surface area (Å²) in [5.74, 6) is 1.94. The van der Waals surface area contributed by atoms with Gasteiger partial charge in [-0.05, 0) is 43.7 Å². The van der Waals surface area contributed by atoms with Gasteiger partial charge in [0, 0.05) is 30.5 Å². The van der Waals surface area contributed by atoms with Gasteiger partial charge in [-0.1, -0.05) is 41.6 Å². The lowest BCUT2D eigenvalue weighted by Crippen LogP contribution is -2.24. The van der Waals surface area contributed by atoms with E-state index in [2.05, 4.69) is 10.2 Å². The summed E-state index contributed by atoms with van der Waals surface area (Å²) in [6.07, 6.45) is 0.727. The molecule has 0 N–H and O–H groups in total. The number of thioether (sulfide) groups is 1. The fourth-order valence-electron chi connectivity index (χ4n) is 3.35. The molecule has 0 aliphatic heterocycles.